The molecule has 0 spiro atoms. The SMILES string of the molecule is CCC(O)C(C)Cc1cccc(OC)n1. The van der Waals surface area contributed by atoms with Gasteiger partial charge in [-0.2, -0.15) is 0 Å². The molecule has 1 aromatic heterocycles. The Labute approximate surface area is 91.1 Å². The Balaban J connectivity index is 2.63. The van der Waals surface area contributed by atoms with Crippen LogP contribution in [0.25, 0.3) is 0 Å². The van der Waals surface area contributed by atoms with Crippen molar-refractivity contribution in [2.24, 2.45) is 5.92 Å². The Morgan fingerprint density at radius 1 is 1.47 bits per heavy atom. The molecular formula is C12H19NO2. The Morgan fingerprint density at radius 2 is 2.20 bits per heavy atom. The number of methoxy groups -OCH3 is 1. The van der Waals surface area contributed by atoms with Gasteiger partial charge in [-0.1, -0.05) is 19.9 Å². The lowest BCUT2D eigenvalue weighted by Gasteiger charge is -2.16. The summed E-state index contributed by atoms with van der Waals surface area (Å²) in [5.41, 5.74) is 0.967. The molecule has 1 N–H and O–H groups in total. The van der Waals surface area contributed by atoms with Crippen LogP contribution in [-0.4, -0.2) is 23.3 Å². The average Bonchev–Trinajstić information content (AvgIpc) is 2.28. The summed E-state index contributed by atoms with van der Waals surface area (Å²) in [5.74, 6) is 0.861. The van der Waals surface area contributed by atoms with Gasteiger partial charge in [-0.05, 0) is 24.8 Å². The maximum atomic E-state index is 9.66. The van der Waals surface area contributed by atoms with Gasteiger partial charge in [0.2, 0.25) is 5.88 Å². The average molecular weight is 209 g/mol. The number of aliphatic hydroxyl groups excluding tert-OH is 1. The number of hydrogen-bond acceptors (Lipinski definition) is 3. The molecule has 2 atom stereocenters. The summed E-state index contributed by atoms with van der Waals surface area (Å²) in [6, 6.07) is 5.71. The molecule has 15 heavy (non-hydrogen) atoms. The number of nitrogens with zero attached hydrogens (tertiary/aromatic N) is 1. The van der Waals surface area contributed by atoms with Gasteiger partial charge >= 0.3 is 0 Å². The third kappa shape index (κ3) is 3.51. The van der Waals surface area contributed by atoms with Crippen LogP contribution >= 0.6 is 0 Å². The van der Waals surface area contributed by atoms with Gasteiger partial charge < -0.3 is 9.84 Å². The van der Waals surface area contributed by atoms with E-state index in [9.17, 15) is 5.11 Å². The molecule has 0 aliphatic heterocycles. The van der Waals surface area contributed by atoms with Crippen LogP contribution in [-0.2, 0) is 6.42 Å². The molecule has 0 aliphatic carbocycles. The molecule has 3 nitrogen and oxygen atoms in total. The summed E-state index contributed by atoms with van der Waals surface area (Å²) in [5, 5.41) is 9.66. The highest BCUT2D eigenvalue weighted by Gasteiger charge is 2.13. The standard InChI is InChI=1S/C12H19NO2/c1-4-11(14)9(2)8-10-6-5-7-12(13-10)15-3/h5-7,9,11,14H,4,8H2,1-3H3. The van der Waals surface area contributed by atoms with Gasteiger partial charge in [0.05, 0.1) is 13.2 Å². The first-order chi connectivity index (χ1) is 7.17. The predicted molar refractivity (Wildman–Crippen MR) is 60.0 cm³/mol. The Hall–Kier alpha value is -1.09. The van der Waals surface area contributed by atoms with Crippen molar-refractivity contribution in [3.63, 3.8) is 0 Å². The van der Waals surface area contributed by atoms with Crippen molar-refractivity contribution in [1.29, 1.82) is 0 Å². The van der Waals surface area contributed by atoms with Crippen molar-refractivity contribution in [3.8, 4) is 5.88 Å². The monoisotopic (exact) mass is 209 g/mol. The van der Waals surface area contributed by atoms with Crippen molar-refractivity contribution in [1.82, 2.24) is 4.98 Å². The lowest BCUT2D eigenvalue weighted by Crippen LogP contribution is -2.19. The molecule has 0 fully saturated rings. The highest BCUT2D eigenvalue weighted by Crippen LogP contribution is 2.15. The molecule has 2 unspecified atom stereocenters. The molecule has 3 heteroatoms. The van der Waals surface area contributed by atoms with Crippen LogP contribution in [0.4, 0.5) is 0 Å². The molecule has 1 aromatic rings. The van der Waals surface area contributed by atoms with E-state index in [-0.39, 0.29) is 12.0 Å². The third-order valence-electron chi connectivity index (χ3n) is 2.60. The van der Waals surface area contributed by atoms with E-state index < -0.39 is 0 Å². The van der Waals surface area contributed by atoms with Gasteiger partial charge in [0.1, 0.15) is 0 Å². The minimum Gasteiger partial charge on any atom is -0.481 e. The van der Waals surface area contributed by atoms with E-state index in [0.717, 1.165) is 18.5 Å². The number of aromatic nitrogens is 1. The zero-order chi connectivity index (χ0) is 11.3. The summed E-state index contributed by atoms with van der Waals surface area (Å²) in [4.78, 5) is 4.31. The fourth-order valence-corrected chi connectivity index (χ4v) is 1.55. The topological polar surface area (TPSA) is 42.4 Å². The molecule has 1 heterocycles. The first-order valence-electron chi connectivity index (χ1n) is 5.35. The van der Waals surface area contributed by atoms with Crippen LogP contribution in [0, 0.1) is 5.92 Å². The zero-order valence-corrected chi connectivity index (χ0v) is 9.60. The molecule has 0 saturated carbocycles. The minimum absolute atomic E-state index is 0.231. The first-order valence-corrected chi connectivity index (χ1v) is 5.35. The lowest BCUT2D eigenvalue weighted by molar-refractivity contribution is 0.112. The molecule has 0 saturated heterocycles. The zero-order valence-electron chi connectivity index (χ0n) is 9.60. The number of pyridine rings is 1. The summed E-state index contributed by atoms with van der Waals surface area (Å²) in [6.45, 7) is 4.02. The molecule has 1 rings (SSSR count). The number of rotatable bonds is 5. The Bertz CT molecular complexity index is 301. The van der Waals surface area contributed by atoms with Crippen molar-refractivity contribution < 1.29 is 9.84 Å². The Morgan fingerprint density at radius 3 is 2.80 bits per heavy atom. The first kappa shape index (κ1) is 12.0. The van der Waals surface area contributed by atoms with E-state index in [0.29, 0.717) is 5.88 Å². The van der Waals surface area contributed by atoms with Crippen LogP contribution in [0.3, 0.4) is 0 Å². The van der Waals surface area contributed by atoms with E-state index in [1.807, 2.05) is 32.0 Å². The van der Waals surface area contributed by atoms with Gasteiger partial charge in [0, 0.05) is 11.8 Å². The van der Waals surface area contributed by atoms with Gasteiger partial charge in [0.15, 0.2) is 0 Å². The van der Waals surface area contributed by atoms with E-state index in [1.165, 1.54) is 0 Å². The highest BCUT2D eigenvalue weighted by atomic mass is 16.5. The summed E-state index contributed by atoms with van der Waals surface area (Å²) in [6.07, 6.45) is 1.31. The fraction of sp³-hybridized carbons (Fsp3) is 0.583. The van der Waals surface area contributed by atoms with E-state index >= 15 is 0 Å². The van der Waals surface area contributed by atoms with Crippen LogP contribution in [0.2, 0.25) is 0 Å². The van der Waals surface area contributed by atoms with E-state index in [2.05, 4.69) is 4.98 Å². The predicted octanol–water partition coefficient (Wildman–Crippen LogP) is 2.04. The molecule has 0 bridgehead atoms. The maximum absolute atomic E-state index is 9.66. The molecule has 0 aromatic carbocycles. The summed E-state index contributed by atoms with van der Waals surface area (Å²) < 4.78 is 5.05. The molecule has 0 radical (unpaired) electrons. The highest BCUT2D eigenvalue weighted by molar-refractivity contribution is 5.16. The number of aliphatic hydroxyl groups is 1. The largest absolute Gasteiger partial charge is 0.481 e. The smallest absolute Gasteiger partial charge is 0.213 e. The van der Waals surface area contributed by atoms with Crippen LogP contribution in [0.1, 0.15) is 26.0 Å². The number of hydrogen-bond donors (Lipinski definition) is 1. The van der Waals surface area contributed by atoms with Crippen LogP contribution < -0.4 is 4.74 Å². The maximum Gasteiger partial charge on any atom is 0.213 e. The third-order valence-corrected chi connectivity index (χ3v) is 2.60. The molecule has 0 aliphatic rings. The van der Waals surface area contributed by atoms with Crippen molar-refractivity contribution in [2.45, 2.75) is 32.8 Å². The summed E-state index contributed by atoms with van der Waals surface area (Å²) in [7, 11) is 1.61. The molecular weight excluding hydrogens is 190 g/mol. The second kappa shape index (κ2) is 5.71. The van der Waals surface area contributed by atoms with Crippen molar-refractivity contribution in [2.75, 3.05) is 7.11 Å². The molecule has 0 amide bonds. The molecule has 84 valence electrons. The minimum atomic E-state index is -0.252. The van der Waals surface area contributed by atoms with E-state index in [1.54, 1.807) is 7.11 Å². The lowest BCUT2D eigenvalue weighted by atomic mass is 9.97. The normalized spacial score (nSPS) is 14.7. The number of ether oxygens (including phenoxy) is 1. The second-order valence-corrected chi connectivity index (χ2v) is 3.83. The van der Waals surface area contributed by atoms with Crippen LogP contribution in [0.15, 0.2) is 18.2 Å². The van der Waals surface area contributed by atoms with Crippen molar-refractivity contribution >= 4 is 0 Å². The second-order valence-electron chi connectivity index (χ2n) is 3.83. The van der Waals surface area contributed by atoms with Gasteiger partial charge in [-0.15, -0.1) is 0 Å². The van der Waals surface area contributed by atoms with Crippen molar-refractivity contribution in [3.05, 3.63) is 23.9 Å². The van der Waals surface area contributed by atoms with Gasteiger partial charge in [-0.3, -0.25) is 0 Å². The summed E-state index contributed by atoms with van der Waals surface area (Å²) >= 11 is 0. The van der Waals surface area contributed by atoms with Crippen LogP contribution in [0.5, 0.6) is 5.88 Å². The fourth-order valence-electron chi connectivity index (χ4n) is 1.55. The van der Waals surface area contributed by atoms with Gasteiger partial charge in [0.25, 0.3) is 0 Å². The quantitative estimate of drug-likeness (QED) is 0.807. The van der Waals surface area contributed by atoms with E-state index in [4.69, 9.17) is 4.74 Å². The van der Waals surface area contributed by atoms with Gasteiger partial charge in [-0.25, -0.2) is 4.98 Å². The Kier molecular flexibility index (Phi) is 4.56.